The van der Waals surface area contributed by atoms with E-state index in [1.807, 2.05) is 24.3 Å². The van der Waals surface area contributed by atoms with Gasteiger partial charge in [-0.1, -0.05) is 17.3 Å². The molecule has 2 heterocycles. The van der Waals surface area contributed by atoms with E-state index in [0.29, 0.717) is 17.5 Å². The summed E-state index contributed by atoms with van der Waals surface area (Å²) in [5, 5.41) is 20.3. The monoisotopic (exact) mass is 413 g/mol. The third kappa shape index (κ3) is 5.22. The number of carboxylic acids is 1. The van der Waals surface area contributed by atoms with E-state index in [1.165, 1.54) is 0 Å². The number of pyridine rings is 1. The zero-order valence-electron chi connectivity index (χ0n) is 17.1. The van der Waals surface area contributed by atoms with Gasteiger partial charge in [-0.15, -0.1) is 0 Å². The van der Waals surface area contributed by atoms with Crippen LogP contribution in [-0.4, -0.2) is 50.5 Å². The molecule has 158 valence electrons. The van der Waals surface area contributed by atoms with Crippen molar-refractivity contribution in [3.05, 3.63) is 36.4 Å². The van der Waals surface area contributed by atoms with Crippen LogP contribution >= 0.6 is 0 Å². The molecule has 3 aromatic rings. The first-order chi connectivity index (χ1) is 14.1. The number of carboxylic acid groups (broad SMARTS) is 1. The number of nitrogens with one attached hydrogen (secondary N) is 2. The van der Waals surface area contributed by atoms with Gasteiger partial charge in [0.1, 0.15) is 17.5 Å². The number of aromatic nitrogens is 3. The van der Waals surface area contributed by atoms with E-state index in [9.17, 15) is 14.7 Å². The fourth-order valence-corrected chi connectivity index (χ4v) is 2.71. The maximum Gasteiger partial charge on any atom is 0.408 e. The lowest BCUT2D eigenvalue weighted by Crippen LogP contribution is -2.47. The van der Waals surface area contributed by atoms with Crippen molar-refractivity contribution in [1.29, 1.82) is 0 Å². The molecule has 0 radical (unpaired) electrons. The minimum absolute atomic E-state index is 0.0910. The lowest BCUT2D eigenvalue weighted by Gasteiger charge is -2.22. The smallest absolute Gasteiger partial charge is 0.408 e. The van der Waals surface area contributed by atoms with Crippen molar-refractivity contribution < 1.29 is 24.0 Å². The zero-order valence-corrected chi connectivity index (χ0v) is 17.1. The standard InChI is InChI=1S/C20H23N5O5/c1-11-23-16(25-30-11)13-6-5-12-7-8-21-17(14(12)9-13)22-10-15(18(26)27)24-19(28)29-20(2,3)4/h5-9,15H,10H2,1-4H3,(H,21,22)(H,24,28)(H,26,27). The van der Waals surface area contributed by atoms with Crippen LogP contribution in [0.5, 0.6) is 0 Å². The molecule has 1 amide bonds. The molecule has 10 nitrogen and oxygen atoms in total. The molecule has 0 fully saturated rings. The molecule has 0 saturated carbocycles. The van der Waals surface area contributed by atoms with Crippen LogP contribution in [0.15, 0.2) is 35.0 Å². The second-order valence-corrected chi connectivity index (χ2v) is 7.65. The molecule has 0 aliphatic heterocycles. The zero-order chi connectivity index (χ0) is 21.9. The van der Waals surface area contributed by atoms with E-state index in [1.54, 1.807) is 33.9 Å². The SMILES string of the molecule is Cc1nc(-c2ccc3ccnc(NCC(NC(=O)OC(C)(C)C)C(=O)O)c3c2)no1. The van der Waals surface area contributed by atoms with Crippen LogP contribution in [0.1, 0.15) is 26.7 Å². The number of benzene rings is 1. The largest absolute Gasteiger partial charge is 0.480 e. The van der Waals surface area contributed by atoms with E-state index < -0.39 is 23.7 Å². The topological polar surface area (TPSA) is 139 Å². The summed E-state index contributed by atoms with van der Waals surface area (Å²) < 4.78 is 10.2. The summed E-state index contributed by atoms with van der Waals surface area (Å²) in [6.07, 6.45) is 0.803. The molecule has 0 aliphatic rings. The average molecular weight is 413 g/mol. The maximum atomic E-state index is 11.9. The fraction of sp³-hybridized carbons (Fsp3) is 0.350. The Labute approximate surface area is 172 Å². The molecule has 10 heteroatoms. The lowest BCUT2D eigenvalue weighted by atomic mass is 10.1. The highest BCUT2D eigenvalue weighted by Crippen LogP contribution is 2.26. The van der Waals surface area contributed by atoms with Crippen LogP contribution in [0.3, 0.4) is 0 Å². The van der Waals surface area contributed by atoms with Gasteiger partial charge >= 0.3 is 12.1 Å². The molecule has 0 saturated heterocycles. The van der Waals surface area contributed by atoms with E-state index in [-0.39, 0.29) is 6.54 Å². The van der Waals surface area contributed by atoms with Gasteiger partial charge in [0, 0.05) is 30.6 Å². The number of amides is 1. The first-order valence-corrected chi connectivity index (χ1v) is 9.28. The Morgan fingerprint density at radius 2 is 2.03 bits per heavy atom. The Balaban J connectivity index is 1.80. The molecule has 1 atom stereocenters. The first-order valence-electron chi connectivity index (χ1n) is 9.28. The molecule has 2 aromatic heterocycles. The van der Waals surface area contributed by atoms with Crippen molar-refractivity contribution in [2.45, 2.75) is 39.3 Å². The third-order valence-electron chi connectivity index (χ3n) is 4.01. The molecule has 30 heavy (non-hydrogen) atoms. The van der Waals surface area contributed by atoms with Gasteiger partial charge < -0.3 is 25.0 Å². The lowest BCUT2D eigenvalue weighted by molar-refractivity contribution is -0.139. The maximum absolute atomic E-state index is 11.9. The molecule has 0 aliphatic carbocycles. The number of carbonyl (C=O) groups is 2. The van der Waals surface area contributed by atoms with E-state index in [0.717, 1.165) is 16.3 Å². The van der Waals surface area contributed by atoms with Crippen molar-refractivity contribution >= 4 is 28.7 Å². The van der Waals surface area contributed by atoms with Gasteiger partial charge in [-0.05, 0) is 38.3 Å². The number of alkyl carbamates (subject to hydrolysis) is 1. The summed E-state index contributed by atoms with van der Waals surface area (Å²) in [4.78, 5) is 32.0. The molecule has 1 unspecified atom stereocenters. The second-order valence-electron chi connectivity index (χ2n) is 7.65. The van der Waals surface area contributed by atoms with Crippen molar-refractivity contribution in [1.82, 2.24) is 20.4 Å². The minimum atomic E-state index is -1.21. The number of anilines is 1. The van der Waals surface area contributed by atoms with E-state index in [4.69, 9.17) is 9.26 Å². The minimum Gasteiger partial charge on any atom is -0.480 e. The number of carbonyl (C=O) groups excluding carboxylic acids is 1. The third-order valence-corrected chi connectivity index (χ3v) is 4.01. The highest BCUT2D eigenvalue weighted by molar-refractivity contribution is 5.94. The fourth-order valence-electron chi connectivity index (χ4n) is 2.71. The normalized spacial score (nSPS) is 12.4. The van der Waals surface area contributed by atoms with Crippen LogP contribution in [0.2, 0.25) is 0 Å². The van der Waals surface area contributed by atoms with Crippen molar-refractivity contribution in [2.24, 2.45) is 0 Å². The van der Waals surface area contributed by atoms with Gasteiger partial charge in [0.05, 0.1) is 0 Å². The van der Waals surface area contributed by atoms with Gasteiger partial charge in [0.25, 0.3) is 0 Å². The van der Waals surface area contributed by atoms with Gasteiger partial charge in [-0.2, -0.15) is 4.98 Å². The number of hydrogen-bond acceptors (Lipinski definition) is 8. The Morgan fingerprint density at radius 1 is 1.27 bits per heavy atom. The second kappa shape index (κ2) is 8.36. The van der Waals surface area contributed by atoms with Crippen LogP contribution in [-0.2, 0) is 9.53 Å². The molecule has 0 bridgehead atoms. The van der Waals surface area contributed by atoms with Crippen molar-refractivity contribution in [3.63, 3.8) is 0 Å². The Morgan fingerprint density at radius 3 is 2.67 bits per heavy atom. The van der Waals surface area contributed by atoms with Crippen LogP contribution in [0.25, 0.3) is 22.2 Å². The summed E-state index contributed by atoms with van der Waals surface area (Å²) in [6.45, 7) is 6.71. The summed E-state index contributed by atoms with van der Waals surface area (Å²) in [7, 11) is 0. The number of nitrogens with zero attached hydrogens (tertiary/aromatic N) is 3. The average Bonchev–Trinajstić information content (AvgIpc) is 3.09. The highest BCUT2D eigenvalue weighted by atomic mass is 16.6. The predicted molar refractivity (Wildman–Crippen MR) is 109 cm³/mol. The van der Waals surface area contributed by atoms with E-state index in [2.05, 4.69) is 25.8 Å². The highest BCUT2D eigenvalue weighted by Gasteiger charge is 2.24. The number of hydrogen-bond donors (Lipinski definition) is 3. The number of rotatable bonds is 6. The number of aliphatic carboxylic acids is 1. The molecule has 0 spiro atoms. The van der Waals surface area contributed by atoms with E-state index >= 15 is 0 Å². The van der Waals surface area contributed by atoms with Gasteiger partial charge in [-0.25, -0.2) is 14.6 Å². The van der Waals surface area contributed by atoms with Gasteiger partial charge in [0.2, 0.25) is 11.7 Å². The molecule has 3 rings (SSSR count). The van der Waals surface area contributed by atoms with Gasteiger partial charge in [-0.3, -0.25) is 0 Å². The number of aryl methyl sites for hydroxylation is 1. The molecule has 3 N–H and O–H groups in total. The predicted octanol–water partition coefficient (Wildman–Crippen LogP) is 2.98. The number of fused-ring (bicyclic) bond motifs is 1. The van der Waals surface area contributed by atoms with Crippen molar-refractivity contribution in [2.75, 3.05) is 11.9 Å². The molecule has 1 aromatic carbocycles. The number of ether oxygens (including phenoxy) is 1. The molecular weight excluding hydrogens is 390 g/mol. The van der Waals surface area contributed by atoms with Crippen LogP contribution < -0.4 is 10.6 Å². The quantitative estimate of drug-likeness (QED) is 0.556. The van der Waals surface area contributed by atoms with Crippen LogP contribution in [0.4, 0.5) is 10.6 Å². The first kappa shape index (κ1) is 21.0. The Kier molecular flexibility index (Phi) is 5.86. The van der Waals surface area contributed by atoms with Crippen LogP contribution in [0, 0.1) is 6.92 Å². The summed E-state index contributed by atoms with van der Waals surface area (Å²) in [5.41, 5.74) is -0.00107. The Hall–Kier alpha value is -3.69. The molecular formula is C20H23N5O5. The Bertz CT molecular complexity index is 1070. The summed E-state index contributed by atoms with van der Waals surface area (Å²) >= 11 is 0. The summed E-state index contributed by atoms with van der Waals surface area (Å²) in [5.74, 6) is 0.162. The van der Waals surface area contributed by atoms with Gasteiger partial charge in [0.15, 0.2) is 0 Å². The summed E-state index contributed by atoms with van der Waals surface area (Å²) in [6, 6.07) is 6.21. The van der Waals surface area contributed by atoms with Crippen molar-refractivity contribution in [3.8, 4) is 11.4 Å².